The highest BCUT2D eigenvalue weighted by Crippen LogP contribution is 2.14. The molecule has 2 aromatic heterocycles. The fourth-order valence-corrected chi connectivity index (χ4v) is 2.18. The van der Waals surface area contributed by atoms with Gasteiger partial charge in [0.2, 0.25) is 11.7 Å². The Labute approximate surface area is 127 Å². The quantitative estimate of drug-likeness (QED) is 0.782. The van der Waals surface area contributed by atoms with E-state index in [0.717, 1.165) is 0 Å². The van der Waals surface area contributed by atoms with Gasteiger partial charge in [0, 0.05) is 18.7 Å². The van der Waals surface area contributed by atoms with Crippen LogP contribution in [0.1, 0.15) is 11.5 Å². The fourth-order valence-electron chi connectivity index (χ4n) is 2.18. The lowest BCUT2D eigenvalue weighted by molar-refractivity contribution is 0.368. The van der Waals surface area contributed by atoms with Crippen molar-refractivity contribution in [2.45, 2.75) is 18.9 Å². The SMILES string of the molecule is N[C@@H](Cc1nc(-c2ccccn2)no1)Cc1ccccc1F. The molecule has 2 N–H and O–H groups in total. The highest BCUT2D eigenvalue weighted by atomic mass is 19.1. The summed E-state index contributed by atoms with van der Waals surface area (Å²) in [5.41, 5.74) is 7.27. The highest BCUT2D eigenvalue weighted by Gasteiger charge is 2.14. The maximum Gasteiger partial charge on any atom is 0.228 e. The third-order valence-electron chi connectivity index (χ3n) is 3.24. The van der Waals surface area contributed by atoms with Crippen LogP contribution in [0.5, 0.6) is 0 Å². The second-order valence-corrected chi connectivity index (χ2v) is 4.99. The number of aromatic nitrogens is 3. The molecule has 6 heteroatoms. The van der Waals surface area contributed by atoms with E-state index < -0.39 is 0 Å². The average molecular weight is 298 g/mol. The summed E-state index contributed by atoms with van der Waals surface area (Å²) in [6.45, 7) is 0. The van der Waals surface area contributed by atoms with E-state index in [2.05, 4.69) is 15.1 Å². The van der Waals surface area contributed by atoms with Crippen LogP contribution < -0.4 is 5.73 Å². The Bertz CT molecular complexity index is 745. The number of nitrogens with two attached hydrogens (primary N) is 1. The topological polar surface area (TPSA) is 77.8 Å². The molecule has 0 spiro atoms. The molecule has 0 amide bonds. The molecule has 112 valence electrons. The smallest absolute Gasteiger partial charge is 0.228 e. The van der Waals surface area contributed by atoms with E-state index in [1.807, 2.05) is 12.1 Å². The molecule has 5 nitrogen and oxygen atoms in total. The monoisotopic (exact) mass is 298 g/mol. The largest absolute Gasteiger partial charge is 0.339 e. The third kappa shape index (κ3) is 3.35. The summed E-state index contributed by atoms with van der Waals surface area (Å²) in [4.78, 5) is 8.43. The standard InChI is InChI=1S/C16H15FN4O/c17-13-6-2-1-5-11(13)9-12(18)10-15-20-16(21-22-15)14-7-3-4-8-19-14/h1-8,12H,9-10,18H2/t12-/m1/s1. The average Bonchev–Trinajstić information content (AvgIpc) is 2.99. The van der Waals surface area contributed by atoms with Crippen LogP contribution in [-0.2, 0) is 12.8 Å². The van der Waals surface area contributed by atoms with E-state index in [0.29, 0.717) is 35.8 Å². The van der Waals surface area contributed by atoms with Gasteiger partial charge in [-0.05, 0) is 30.2 Å². The van der Waals surface area contributed by atoms with Crippen LogP contribution >= 0.6 is 0 Å². The molecule has 0 fully saturated rings. The molecular weight excluding hydrogens is 283 g/mol. The normalized spacial score (nSPS) is 12.3. The number of hydrogen-bond donors (Lipinski definition) is 1. The Balaban J connectivity index is 1.66. The summed E-state index contributed by atoms with van der Waals surface area (Å²) in [6.07, 6.45) is 2.46. The summed E-state index contributed by atoms with van der Waals surface area (Å²) in [5.74, 6) is 0.593. The fraction of sp³-hybridized carbons (Fsp3) is 0.188. The molecule has 0 bridgehead atoms. The Kier molecular flexibility index (Phi) is 4.20. The van der Waals surface area contributed by atoms with Gasteiger partial charge in [-0.25, -0.2) is 4.39 Å². The van der Waals surface area contributed by atoms with E-state index in [9.17, 15) is 4.39 Å². The first-order valence-corrected chi connectivity index (χ1v) is 6.95. The molecule has 0 saturated heterocycles. The van der Waals surface area contributed by atoms with Crippen LogP contribution in [0.25, 0.3) is 11.5 Å². The lowest BCUT2D eigenvalue weighted by Gasteiger charge is -2.09. The maximum absolute atomic E-state index is 13.6. The summed E-state index contributed by atoms with van der Waals surface area (Å²) >= 11 is 0. The van der Waals surface area contributed by atoms with E-state index in [1.165, 1.54) is 6.07 Å². The third-order valence-corrected chi connectivity index (χ3v) is 3.24. The molecule has 22 heavy (non-hydrogen) atoms. The van der Waals surface area contributed by atoms with Crippen molar-refractivity contribution in [3.63, 3.8) is 0 Å². The molecule has 1 aromatic carbocycles. The zero-order valence-corrected chi connectivity index (χ0v) is 11.8. The zero-order chi connectivity index (χ0) is 15.4. The molecule has 1 atom stereocenters. The zero-order valence-electron chi connectivity index (χ0n) is 11.8. The minimum Gasteiger partial charge on any atom is -0.339 e. The molecule has 3 rings (SSSR count). The molecule has 3 aromatic rings. The van der Waals surface area contributed by atoms with Crippen molar-refractivity contribution in [3.05, 3.63) is 65.9 Å². The van der Waals surface area contributed by atoms with Crippen LogP contribution in [-0.4, -0.2) is 21.2 Å². The number of benzene rings is 1. The predicted octanol–water partition coefficient (Wildman–Crippen LogP) is 2.38. The number of pyridine rings is 1. The number of hydrogen-bond acceptors (Lipinski definition) is 5. The first-order valence-electron chi connectivity index (χ1n) is 6.95. The van der Waals surface area contributed by atoms with Crippen LogP contribution in [0.4, 0.5) is 4.39 Å². The van der Waals surface area contributed by atoms with Gasteiger partial charge < -0.3 is 10.3 Å². The van der Waals surface area contributed by atoms with Gasteiger partial charge in [-0.1, -0.05) is 29.4 Å². The summed E-state index contributed by atoms with van der Waals surface area (Å²) in [7, 11) is 0. The van der Waals surface area contributed by atoms with Crippen LogP contribution in [0.2, 0.25) is 0 Å². The van der Waals surface area contributed by atoms with Crippen LogP contribution in [0.3, 0.4) is 0 Å². The van der Waals surface area contributed by atoms with Crippen LogP contribution in [0, 0.1) is 5.82 Å². The van der Waals surface area contributed by atoms with Crippen molar-refractivity contribution in [2.75, 3.05) is 0 Å². The van der Waals surface area contributed by atoms with Gasteiger partial charge in [0.15, 0.2) is 0 Å². The molecule has 0 aliphatic heterocycles. The molecule has 0 saturated carbocycles. The van der Waals surface area contributed by atoms with Crippen molar-refractivity contribution < 1.29 is 8.91 Å². The van der Waals surface area contributed by atoms with Crippen molar-refractivity contribution >= 4 is 0 Å². The van der Waals surface area contributed by atoms with Gasteiger partial charge in [-0.2, -0.15) is 4.98 Å². The van der Waals surface area contributed by atoms with Gasteiger partial charge in [0.05, 0.1) is 0 Å². The Morgan fingerprint density at radius 3 is 2.68 bits per heavy atom. The second kappa shape index (κ2) is 6.44. The van der Waals surface area contributed by atoms with E-state index >= 15 is 0 Å². The lowest BCUT2D eigenvalue weighted by atomic mass is 10.0. The second-order valence-electron chi connectivity index (χ2n) is 4.99. The Morgan fingerprint density at radius 2 is 1.91 bits per heavy atom. The van der Waals surface area contributed by atoms with E-state index in [4.69, 9.17) is 10.3 Å². The van der Waals surface area contributed by atoms with E-state index in [1.54, 1.807) is 30.5 Å². The number of halogens is 1. The van der Waals surface area contributed by atoms with Crippen molar-refractivity contribution in [2.24, 2.45) is 5.73 Å². The van der Waals surface area contributed by atoms with Gasteiger partial charge in [0.25, 0.3) is 0 Å². The van der Waals surface area contributed by atoms with Crippen molar-refractivity contribution in [1.29, 1.82) is 0 Å². The van der Waals surface area contributed by atoms with Crippen LogP contribution in [0.15, 0.2) is 53.2 Å². The van der Waals surface area contributed by atoms with Crippen molar-refractivity contribution in [3.8, 4) is 11.5 Å². The number of nitrogens with zero attached hydrogens (tertiary/aromatic N) is 3. The minimum absolute atomic E-state index is 0.252. The van der Waals surface area contributed by atoms with Gasteiger partial charge >= 0.3 is 0 Å². The summed E-state index contributed by atoms with van der Waals surface area (Å²) < 4.78 is 18.8. The molecule has 0 aliphatic carbocycles. The first kappa shape index (κ1) is 14.3. The summed E-state index contributed by atoms with van der Waals surface area (Å²) in [5, 5.41) is 3.89. The number of rotatable bonds is 5. The Hall–Kier alpha value is -2.60. The van der Waals surface area contributed by atoms with Gasteiger partial charge in [-0.3, -0.25) is 4.98 Å². The van der Waals surface area contributed by atoms with Gasteiger partial charge in [-0.15, -0.1) is 0 Å². The highest BCUT2D eigenvalue weighted by molar-refractivity contribution is 5.47. The summed E-state index contributed by atoms with van der Waals surface area (Å²) in [6, 6.07) is 11.8. The molecule has 2 heterocycles. The van der Waals surface area contributed by atoms with Crippen molar-refractivity contribution in [1.82, 2.24) is 15.1 Å². The minimum atomic E-state index is -0.297. The molecular formula is C16H15FN4O. The molecule has 0 unspecified atom stereocenters. The Morgan fingerprint density at radius 1 is 1.09 bits per heavy atom. The molecule has 0 radical (unpaired) electrons. The van der Waals surface area contributed by atoms with E-state index in [-0.39, 0.29) is 11.9 Å². The lowest BCUT2D eigenvalue weighted by Crippen LogP contribution is -2.26. The maximum atomic E-state index is 13.6. The first-order chi connectivity index (χ1) is 10.7. The van der Waals surface area contributed by atoms with Gasteiger partial charge in [0.1, 0.15) is 11.5 Å². The molecule has 0 aliphatic rings. The predicted molar refractivity (Wildman–Crippen MR) is 79.3 cm³/mol.